The van der Waals surface area contributed by atoms with E-state index in [0.717, 1.165) is 57.1 Å². The van der Waals surface area contributed by atoms with Gasteiger partial charge in [0.05, 0.1) is 118 Å². The molecule has 0 radical (unpaired) electrons. The zero-order valence-electron chi connectivity index (χ0n) is 40.5. The highest BCUT2D eigenvalue weighted by molar-refractivity contribution is 7.97. The third-order valence-corrected chi connectivity index (χ3v) is 17.6. The van der Waals surface area contributed by atoms with Crippen molar-refractivity contribution in [1.82, 2.24) is 19.9 Å². The van der Waals surface area contributed by atoms with E-state index < -0.39 is 115 Å². The van der Waals surface area contributed by atoms with Crippen molar-refractivity contribution < 1.29 is 90.3 Å². The van der Waals surface area contributed by atoms with E-state index in [1.165, 1.54) is 47.7 Å². The molecule has 0 fully saturated rings. The molecule has 4 unspecified atom stereocenters. The predicted octanol–water partition coefficient (Wildman–Crippen LogP) is 9.24. The molecule has 4 heterocycles. The molecule has 0 aliphatic heterocycles. The first-order valence-corrected chi connectivity index (χ1v) is 29.0. The lowest BCUT2D eigenvalue weighted by atomic mass is 10.1. The van der Waals surface area contributed by atoms with Crippen LogP contribution in [0.4, 0.5) is 13.2 Å². The number of benzene rings is 4. The van der Waals surface area contributed by atoms with Crippen molar-refractivity contribution in [2.24, 2.45) is 0 Å². The Labute approximate surface area is 491 Å². The van der Waals surface area contributed by atoms with Gasteiger partial charge in [-0.25, -0.2) is 33.1 Å². The fraction of sp³-hybridized carbons (Fsp3) is 0.208. The highest BCUT2D eigenvalue weighted by Crippen LogP contribution is 2.37. The molecule has 0 saturated carbocycles. The summed E-state index contributed by atoms with van der Waals surface area (Å²) in [5.41, 5.74) is 1.32. The number of carboxylic acid groups (broad SMARTS) is 5. The Bertz CT molecular complexity index is 3970. The monoisotopic (exact) mass is 1280 g/mol. The number of carbonyl (C=O) groups is 9. The van der Waals surface area contributed by atoms with Crippen LogP contribution >= 0.6 is 95.9 Å². The number of halogens is 3. The first kappa shape index (κ1) is 64.9. The summed E-state index contributed by atoms with van der Waals surface area (Å²) < 4.78 is 63.4. The molecule has 0 amide bonds. The highest BCUT2D eigenvalue weighted by atomic mass is 32.2. The van der Waals surface area contributed by atoms with Crippen LogP contribution in [0.25, 0.3) is 40.9 Å². The average molecular weight is 1280 g/mol. The lowest BCUT2D eigenvalue weighted by Crippen LogP contribution is -2.12. The van der Waals surface area contributed by atoms with Crippen LogP contribution < -0.4 is 0 Å². The lowest BCUT2D eigenvalue weighted by Gasteiger charge is -2.05. The number of aromatic nitrogens is 4. The molecule has 8 rings (SSSR count). The van der Waals surface area contributed by atoms with Gasteiger partial charge in [-0.05, 0) is 72.8 Å². The standard InChI is InChI=1S/C12H8F3NO3S2.C12H8N2O3S2.C12H11NO5S3.C12H9NO5S2/c13-12(14,15)5-1-2-8-7(3-5)16-10(21-8)6(11(19)20)4-9(17)18;13-5-6-1-2-9-8(3-6)14-11(19-9)7(12(17)18)4-10(15)16;1-21(17,18)6-2-3-8-9(4-6)20-11(13-8)7(12(16)19)5-10(14)15;14-9(15)4-6(12(18)19)10-13-7-3-5(11(16)17)1-2-8(7)20-10/h1-3,6H,4H2,(H,17,18)(H,19,20);1-3,7H,4H2,(H,15,16)(H,17,18);2-4,7H,5H2,1H3,(H,14,15)(H,16,19);1-3,6H,4H2,(H,14,15)(H,16,17)(H,18,19). The summed E-state index contributed by atoms with van der Waals surface area (Å²) in [7, 11) is -3.34. The smallest absolute Gasteiger partial charge is 0.416 e. The van der Waals surface area contributed by atoms with E-state index >= 15 is 0 Å². The Morgan fingerprint density at radius 2 is 0.877 bits per heavy atom. The van der Waals surface area contributed by atoms with Gasteiger partial charge in [0.15, 0.2) is 30.3 Å². The van der Waals surface area contributed by atoms with Gasteiger partial charge in [0.2, 0.25) is 0 Å². The van der Waals surface area contributed by atoms with Gasteiger partial charge in [-0.1, -0.05) is 0 Å². The summed E-state index contributed by atoms with van der Waals surface area (Å²) in [6.07, 6.45) is -5.03. The molecule has 0 saturated heterocycles. The molecule has 21 nitrogen and oxygen atoms in total. The number of alkyl halides is 3. The quantitative estimate of drug-likeness (QED) is 0.0361. The van der Waals surface area contributed by atoms with Crippen molar-refractivity contribution in [3.63, 3.8) is 0 Å². The number of thiazole rings is 4. The largest absolute Gasteiger partial charge is 0.481 e. The van der Waals surface area contributed by atoms with Crippen molar-refractivity contribution in [1.29, 1.82) is 5.26 Å². The number of rotatable bonds is 18. The lowest BCUT2D eigenvalue weighted by molar-refractivity contribution is -0.139. The number of nitrogens with zero attached hydrogens (tertiary/aromatic N) is 5. The Morgan fingerprint density at radius 1 is 0.519 bits per heavy atom. The summed E-state index contributed by atoms with van der Waals surface area (Å²) in [6, 6.07) is 18.9. The van der Waals surface area contributed by atoms with Gasteiger partial charge < -0.3 is 25.5 Å². The van der Waals surface area contributed by atoms with E-state index in [4.69, 9.17) is 30.8 Å². The van der Waals surface area contributed by atoms with Gasteiger partial charge in [0.1, 0.15) is 20.0 Å². The van der Waals surface area contributed by atoms with Crippen molar-refractivity contribution in [3.05, 3.63) is 110 Å². The first-order chi connectivity index (χ1) is 37.7. The molecule has 0 aliphatic rings. The predicted molar refractivity (Wildman–Crippen MR) is 304 cm³/mol. The molecule has 4 atom stereocenters. The van der Waals surface area contributed by atoms with Crippen molar-refractivity contribution in [2.75, 3.05) is 6.26 Å². The van der Waals surface area contributed by atoms with Crippen molar-refractivity contribution in [2.45, 2.75) is 60.4 Å². The zero-order valence-corrected chi connectivity index (χ0v) is 48.2. The maximum atomic E-state index is 12.6. The van der Waals surface area contributed by atoms with E-state index in [-0.39, 0.29) is 27.4 Å². The molecule has 0 bridgehead atoms. The third-order valence-electron chi connectivity index (χ3n) is 10.6. The molecule has 81 heavy (non-hydrogen) atoms. The molecule has 33 heteroatoms. The van der Waals surface area contributed by atoms with Gasteiger partial charge in [-0.2, -0.15) is 18.4 Å². The van der Waals surface area contributed by atoms with Gasteiger partial charge in [0.25, 0.3) is 0 Å². The van der Waals surface area contributed by atoms with Crippen LogP contribution in [-0.4, -0.2) is 110 Å². The molecule has 5 N–H and O–H groups in total. The summed E-state index contributed by atoms with van der Waals surface area (Å²) in [4.78, 5) is 116. The maximum absolute atomic E-state index is 12.6. The third kappa shape index (κ3) is 18.0. The molecule has 424 valence electrons. The number of carbonyl (C=O) groups excluding carboxylic acids is 4. The summed E-state index contributed by atoms with van der Waals surface area (Å²) in [5, 5.41) is 51.7. The normalized spacial score (nSPS) is 12.7. The highest BCUT2D eigenvalue weighted by Gasteiger charge is 2.32. The molecule has 4 aromatic heterocycles. The maximum Gasteiger partial charge on any atom is 0.416 e. The van der Waals surface area contributed by atoms with Crippen LogP contribution in [0.3, 0.4) is 0 Å². The molecule has 4 aromatic carbocycles. The summed E-state index contributed by atoms with van der Waals surface area (Å²) in [6.45, 7) is 0. The van der Waals surface area contributed by atoms with Crippen LogP contribution in [0.15, 0.2) is 77.7 Å². The number of aromatic carboxylic acids is 1. The number of hydrogen-bond acceptors (Lipinski definition) is 20. The Balaban J connectivity index is 0.000000198. The van der Waals surface area contributed by atoms with Crippen LogP contribution in [0.5, 0.6) is 0 Å². The van der Waals surface area contributed by atoms with Gasteiger partial charge in [-0.3, -0.25) is 38.4 Å². The minimum absolute atomic E-state index is 0.0785. The Kier molecular flexibility index (Phi) is 22.2. The van der Waals surface area contributed by atoms with E-state index in [9.17, 15) is 64.7 Å². The van der Waals surface area contributed by atoms with Crippen LogP contribution in [0.1, 0.15) is 90.9 Å². The SMILES string of the molecule is CS(=O)(=O)c1ccc2nc(C(CC(=O)O)C(=O)S)sc2c1.N#Cc1ccc2sc(C(CC(=O)O)C(=O)S)nc2c1.O=C(O)CC(C(=O)S)c1nc2cc(C(=O)O)ccc2s1.O=C(O)CC(C(=O)S)c1nc2cc(C(F)(F)F)ccc2s1. The van der Waals surface area contributed by atoms with Gasteiger partial charge >= 0.3 is 36.0 Å². The Morgan fingerprint density at radius 3 is 1.23 bits per heavy atom. The Hall–Kier alpha value is -6.90. The van der Waals surface area contributed by atoms with Gasteiger partial charge in [-0.15, -0.1) is 95.9 Å². The molecule has 0 aliphatic carbocycles. The second-order valence-electron chi connectivity index (χ2n) is 16.5. The van der Waals surface area contributed by atoms with E-state index in [1.807, 2.05) is 6.07 Å². The van der Waals surface area contributed by atoms with Crippen LogP contribution in [0, 0.1) is 11.3 Å². The number of thiol groups is 4. The molecular weight excluding hydrogens is 1250 g/mol. The van der Waals surface area contributed by atoms with Crippen LogP contribution in [0.2, 0.25) is 0 Å². The first-order valence-electron chi connectivity index (χ1n) is 22.1. The molecular formula is C48H36F3N5O16S9. The van der Waals surface area contributed by atoms with E-state index in [2.05, 4.69) is 70.5 Å². The second-order valence-corrected chi connectivity index (χ2v) is 24.6. The fourth-order valence-electron chi connectivity index (χ4n) is 6.78. The molecule has 0 spiro atoms. The minimum Gasteiger partial charge on any atom is -0.481 e. The number of carboxylic acids is 5. The number of nitriles is 1. The summed E-state index contributed by atoms with van der Waals surface area (Å²) >= 11 is 19.2. The average Bonchev–Trinajstić information content (AvgIpc) is 4.28. The fourth-order valence-corrected chi connectivity index (χ4v) is 13.0. The minimum atomic E-state index is -4.49. The number of sulfone groups is 1. The molecule has 8 aromatic rings. The number of fused-ring (bicyclic) bond motifs is 4. The topological polar surface area (TPSA) is 364 Å². The van der Waals surface area contributed by atoms with Crippen LogP contribution in [-0.2, 0) is 54.4 Å². The zero-order chi connectivity index (χ0) is 60.4. The second kappa shape index (κ2) is 27.7. The van der Waals surface area contributed by atoms with Gasteiger partial charge in [0, 0.05) is 6.26 Å². The summed E-state index contributed by atoms with van der Waals surface area (Å²) in [5.74, 6) is -9.41. The number of aliphatic carboxylic acids is 4. The van der Waals surface area contributed by atoms with E-state index in [1.54, 1.807) is 24.3 Å². The number of hydrogen-bond donors (Lipinski definition) is 9. The van der Waals surface area contributed by atoms with Crippen molar-refractivity contribution in [3.8, 4) is 6.07 Å². The van der Waals surface area contributed by atoms with E-state index in [0.29, 0.717) is 51.2 Å². The van der Waals surface area contributed by atoms with Crippen molar-refractivity contribution >= 4 is 197 Å².